The minimum Gasteiger partial charge on any atom is -0.342 e. The third kappa shape index (κ3) is 4.53. The molecule has 2 N–H and O–H groups in total. The summed E-state index contributed by atoms with van der Waals surface area (Å²) in [5, 5.41) is 17.1. The highest BCUT2D eigenvalue weighted by molar-refractivity contribution is 7.99. The summed E-state index contributed by atoms with van der Waals surface area (Å²) in [5.74, 6) is 0.485. The Kier molecular flexibility index (Phi) is 6.11. The van der Waals surface area contributed by atoms with Gasteiger partial charge in [0, 0.05) is 7.05 Å². The summed E-state index contributed by atoms with van der Waals surface area (Å²) < 4.78 is 2.81. The molecule has 0 saturated carbocycles. The van der Waals surface area contributed by atoms with Gasteiger partial charge in [-0.2, -0.15) is 0 Å². The number of carbonyl (C=O) groups is 2. The molecular weight excluding hydrogens is 440 g/mol. The van der Waals surface area contributed by atoms with E-state index < -0.39 is 0 Å². The Balaban J connectivity index is 1.34. The zero-order valence-corrected chi connectivity index (χ0v) is 18.6. The van der Waals surface area contributed by atoms with Crippen LogP contribution >= 0.6 is 34.4 Å². The van der Waals surface area contributed by atoms with Crippen molar-refractivity contribution in [1.82, 2.24) is 25.1 Å². The SMILES string of the molecule is C[C@@H](NC(=O)c1cccs1)c1nnc(SCC(=O)Nc2nc3ccccc3s2)n1C. The van der Waals surface area contributed by atoms with E-state index in [-0.39, 0.29) is 23.6 Å². The lowest BCUT2D eigenvalue weighted by Crippen LogP contribution is -2.27. The number of thiazole rings is 1. The number of aromatic nitrogens is 4. The predicted molar refractivity (Wildman–Crippen MR) is 120 cm³/mol. The van der Waals surface area contributed by atoms with Crippen LogP contribution in [0.5, 0.6) is 0 Å². The van der Waals surface area contributed by atoms with Crippen LogP contribution in [0.2, 0.25) is 0 Å². The number of thiophene rings is 1. The fraction of sp³-hybridized carbons (Fsp3) is 0.211. The lowest BCUT2D eigenvalue weighted by Gasteiger charge is -2.12. The summed E-state index contributed by atoms with van der Waals surface area (Å²) in [4.78, 5) is 29.6. The number of carbonyl (C=O) groups excluding carboxylic acids is 2. The number of anilines is 1. The minimum atomic E-state index is -0.317. The van der Waals surface area contributed by atoms with Gasteiger partial charge in [-0.05, 0) is 30.5 Å². The van der Waals surface area contributed by atoms with Gasteiger partial charge in [-0.15, -0.1) is 21.5 Å². The molecule has 0 aliphatic carbocycles. The molecule has 0 aliphatic rings. The number of rotatable bonds is 7. The van der Waals surface area contributed by atoms with E-state index in [0.29, 0.717) is 21.0 Å². The normalized spacial score (nSPS) is 12.1. The average Bonchev–Trinajstić information content (AvgIpc) is 3.46. The molecule has 4 aromatic rings. The van der Waals surface area contributed by atoms with Crippen LogP contribution in [0.15, 0.2) is 46.9 Å². The van der Waals surface area contributed by atoms with Crippen LogP contribution in [0, 0.1) is 0 Å². The summed E-state index contributed by atoms with van der Waals surface area (Å²) in [6.07, 6.45) is 0. The van der Waals surface area contributed by atoms with Crippen molar-refractivity contribution in [3.63, 3.8) is 0 Å². The molecule has 1 aromatic carbocycles. The van der Waals surface area contributed by atoms with Gasteiger partial charge in [-0.1, -0.05) is 41.3 Å². The fourth-order valence-electron chi connectivity index (χ4n) is 2.78. The van der Waals surface area contributed by atoms with E-state index in [4.69, 9.17) is 0 Å². The Hall–Kier alpha value is -2.76. The van der Waals surface area contributed by atoms with Gasteiger partial charge in [0.2, 0.25) is 5.91 Å². The highest BCUT2D eigenvalue weighted by Gasteiger charge is 2.19. The van der Waals surface area contributed by atoms with E-state index in [9.17, 15) is 9.59 Å². The van der Waals surface area contributed by atoms with Crippen molar-refractivity contribution < 1.29 is 9.59 Å². The summed E-state index contributed by atoms with van der Waals surface area (Å²) in [5.41, 5.74) is 0.863. The number of nitrogens with zero attached hydrogens (tertiary/aromatic N) is 4. The molecule has 30 heavy (non-hydrogen) atoms. The zero-order chi connectivity index (χ0) is 21.1. The van der Waals surface area contributed by atoms with Crippen molar-refractivity contribution in [3.8, 4) is 0 Å². The highest BCUT2D eigenvalue weighted by atomic mass is 32.2. The number of para-hydroxylation sites is 1. The van der Waals surface area contributed by atoms with Crippen LogP contribution in [0.25, 0.3) is 10.2 Å². The van der Waals surface area contributed by atoms with Crippen LogP contribution in [0.1, 0.15) is 28.5 Å². The molecule has 0 radical (unpaired) electrons. The molecule has 0 fully saturated rings. The molecule has 1 atom stereocenters. The number of hydrogen-bond donors (Lipinski definition) is 2. The number of thioether (sulfide) groups is 1. The van der Waals surface area contributed by atoms with Crippen molar-refractivity contribution in [3.05, 3.63) is 52.5 Å². The Morgan fingerprint density at radius 2 is 2.03 bits per heavy atom. The highest BCUT2D eigenvalue weighted by Crippen LogP contribution is 2.26. The van der Waals surface area contributed by atoms with Gasteiger partial charge in [-0.3, -0.25) is 9.59 Å². The maximum absolute atomic E-state index is 12.3. The topological polar surface area (TPSA) is 102 Å². The van der Waals surface area contributed by atoms with E-state index in [1.54, 1.807) is 10.6 Å². The van der Waals surface area contributed by atoms with Gasteiger partial charge in [0.15, 0.2) is 16.1 Å². The zero-order valence-electron chi connectivity index (χ0n) is 16.2. The molecule has 8 nitrogen and oxygen atoms in total. The van der Waals surface area contributed by atoms with Gasteiger partial charge in [0.25, 0.3) is 5.91 Å². The van der Waals surface area contributed by atoms with E-state index in [1.807, 2.05) is 49.7 Å². The molecule has 3 aromatic heterocycles. The maximum atomic E-state index is 12.3. The molecule has 4 rings (SSSR count). The summed E-state index contributed by atoms with van der Waals surface area (Å²) in [6, 6.07) is 11.0. The van der Waals surface area contributed by atoms with E-state index in [2.05, 4.69) is 25.8 Å². The number of hydrogen-bond acceptors (Lipinski definition) is 8. The van der Waals surface area contributed by atoms with Gasteiger partial charge < -0.3 is 15.2 Å². The summed E-state index contributed by atoms with van der Waals surface area (Å²) in [6.45, 7) is 1.85. The number of nitrogens with one attached hydrogen (secondary N) is 2. The lowest BCUT2D eigenvalue weighted by molar-refractivity contribution is -0.113. The minimum absolute atomic E-state index is 0.148. The Bertz CT molecular complexity index is 1150. The van der Waals surface area contributed by atoms with Crippen LogP contribution in [0.4, 0.5) is 5.13 Å². The molecule has 2 amide bonds. The van der Waals surface area contributed by atoms with E-state index in [0.717, 1.165) is 10.2 Å². The quantitative estimate of drug-likeness (QED) is 0.410. The van der Waals surface area contributed by atoms with Crippen molar-refractivity contribution in [2.75, 3.05) is 11.1 Å². The second-order valence-electron chi connectivity index (χ2n) is 6.40. The molecule has 11 heteroatoms. The van der Waals surface area contributed by atoms with Gasteiger partial charge >= 0.3 is 0 Å². The predicted octanol–water partition coefficient (Wildman–Crippen LogP) is 3.71. The first kappa shape index (κ1) is 20.5. The lowest BCUT2D eigenvalue weighted by atomic mass is 10.3. The molecule has 0 spiro atoms. The number of fused-ring (bicyclic) bond motifs is 1. The molecule has 0 saturated heterocycles. The van der Waals surface area contributed by atoms with Gasteiger partial charge in [0.1, 0.15) is 0 Å². The van der Waals surface area contributed by atoms with Crippen molar-refractivity contribution >= 4 is 61.6 Å². The molecule has 3 heterocycles. The Labute approximate surface area is 184 Å². The molecule has 154 valence electrons. The number of amides is 2. The number of benzene rings is 1. The van der Waals surface area contributed by atoms with Crippen molar-refractivity contribution in [2.45, 2.75) is 18.1 Å². The Morgan fingerprint density at radius 3 is 2.80 bits per heavy atom. The van der Waals surface area contributed by atoms with Crippen molar-refractivity contribution in [1.29, 1.82) is 0 Å². The summed E-state index contributed by atoms with van der Waals surface area (Å²) in [7, 11) is 1.82. The third-order valence-electron chi connectivity index (χ3n) is 4.22. The second kappa shape index (κ2) is 8.94. The smallest absolute Gasteiger partial charge is 0.261 e. The molecular formula is C19H18N6O2S3. The first-order chi connectivity index (χ1) is 14.5. The van der Waals surface area contributed by atoms with Gasteiger partial charge in [0.05, 0.1) is 26.9 Å². The summed E-state index contributed by atoms with van der Waals surface area (Å²) >= 11 is 4.10. The standard InChI is InChI=1S/C19H18N6O2S3/c1-11(20-17(27)14-8-5-9-28-14)16-23-24-19(25(16)2)29-10-15(26)22-18-21-12-6-3-4-7-13(12)30-18/h3-9,11H,10H2,1-2H3,(H,20,27)(H,21,22,26)/t11-/m1/s1. The van der Waals surface area contributed by atoms with Crippen LogP contribution in [0.3, 0.4) is 0 Å². The van der Waals surface area contributed by atoms with Crippen LogP contribution in [-0.2, 0) is 11.8 Å². The van der Waals surface area contributed by atoms with E-state index >= 15 is 0 Å². The third-order valence-corrected chi connectivity index (χ3v) is 7.06. The maximum Gasteiger partial charge on any atom is 0.261 e. The monoisotopic (exact) mass is 458 g/mol. The van der Waals surface area contributed by atoms with Gasteiger partial charge in [-0.25, -0.2) is 4.98 Å². The largest absolute Gasteiger partial charge is 0.342 e. The molecule has 0 unspecified atom stereocenters. The van der Waals surface area contributed by atoms with E-state index in [1.165, 1.54) is 34.4 Å². The first-order valence-electron chi connectivity index (χ1n) is 9.03. The first-order valence-corrected chi connectivity index (χ1v) is 11.7. The average molecular weight is 459 g/mol. The fourth-order valence-corrected chi connectivity index (χ4v) is 5.01. The van der Waals surface area contributed by atoms with Crippen LogP contribution in [-0.4, -0.2) is 37.3 Å². The molecule has 0 aliphatic heterocycles. The van der Waals surface area contributed by atoms with Crippen molar-refractivity contribution in [2.24, 2.45) is 7.05 Å². The molecule has 0 bridgehead atoms. The second-order valence-corrected chi connectivity index (χ2v) is 9.32. The van der Waals surface area contributed by atoms with Crippen LogP contribution < -0.4 is 10.6 Å². The Morgan fingerprint density at radius 1 is 1.20 bits per heavy atom.